The number of sulfone groups is 1. The average Bonchev–Trinajstić information content (AvgIpc) is 2.62. The average molecular weight is 385 g/mol. The largest absolute Gasteiger partial charge is 0.229 e. The molecule has 0 atom stereocenters. The summed E-state index contributed by atoms with van der Waals surface area (Å²) < 4.78 is 24.9. The van der Waals surface area contributed by atoms with E-state index in [0.717, 1.165) is 56.3 Å². The first-order chi connectivity index (χ1) is 12.4. The molecule has 0 aromatic rings. The molecule has 2 aliphatic carbocycles. The molecule has 2 rings (SSSR count). The molecule has 3 heteroatoms. The second-order valence-corrected chi connectivity index (χ2v) is 11.9. The summed E-state index contributed by atoms with van der Waals surface area (Å²) in [5.74, 6) is 2.65. The summed E-state index contributed by atoms with van der Waals surface area (Å²) in [5.41, 5.74) is 0. The van der Waals surface area contributed by atoms with E-state index in [1.54, 1.807) is 0 Å². The van der Waals surface area contributed by atoms with Crippen molar-refractivity contribution in [1.29, 1.82) is 0 Å². The van der Waals surface area contributed by atoms with Gasteiger partial charge in [-0.3, -0.25) is 0 Å². The highest BCUT2D eigenvalue weighted by molar-refractivity contribution is 7.92. The molecule has 0 bridgehead atoms. The van der Waals surface area contributed by atoms with E-state index in [0.29, 0.717) is 0 Å². The Hall–Kier alpha value is -0.0500. The fraction of sp³-hybridized carbons (Fsp3) is 1.00. The summed E-state index contributed by atoms with van der Waals surface area (Å²) in [6, 6.07) is 0. The molecule has 2 fully saturated rings. The third-order valence-electron chi connectivity index (χ3n) is 7.72. The molecule has 0 radical (unpaired) electrons. The maximum absolute atomic E-state index is 12.6. The molecule has 0 amide bonds. The zero-order valence-electron chi connectivity index (χ0n) is 17.8. The van der Waals surface area contributed by atoms with E-state index in [-0.39, 0.29) is 0 Å². The van der Waals surface area contributed by atoms with Crippen molar-refractivity contribution in [3.63, 3.8) is 0 Å². The molecule has 0 aromatic carbocycles. The molecule has 26 heavy (non-hydrogen) atoms. The normalized spacial score (nSPS) is 33.3. The van der Waals surface area contributed by atoms with Crippen molar-refractivity contribution < 1.29 is 8.42 Å². The quantitative estimate of drug-likeness (QED) is 0.383. The van der Waals surface area contributed by atoms with Crippen LogP contribution >= 0.6 is 0 Å². The molecule has 2 saturated carbocycles. The van der Waals surface area contributed by atoms with Gasteiger partial charge in [0.1, 0.15) is 0 Å². The van der Waals surface area contributed by atoms with Crippen LogP contribution in [0.2, 0.25) is 0 Å². The van der Waals surface area contributed by atoms with Gasteiger partial charge in [0, 0.05) is 6.26 Å². The van der Waals surface area contributed by atoms with Crippen molar-refractivity contribution in [2.45, 2.75) is 121 Å². The lowest BCUT2D eigenvalue weighted by Gasteiger charge is -2.43. The number of hydrogen-bond donors (Lipinski definition) is 0. The van der Waals surface area contributed by atoms with Gasteiger partial charge in [-0.15, -0.1) is 0 Å². The molecule has 154 valence electrons. The van der Waals surface area contributed by atoms with Gasteiger partial charge < -0.3 is 0 Å². The van der Waals surface area contributed by atoms with Crippen LogP contribution < -0.4 is 0 Å². The highest BCUT2D eigenvalue weighted by Gasteiger charge is 2.44. The van der Waals surface area contributed by atoms with E-state index in [1.807, 2.05) is 0 Å². The summed E-state index contributed by atoms with van der Waals surface area (Å²) in [4.78, 5) is 0. The Kier molecular flexibility index (Phi) is 8.97. The standard InChI is InChI=1S/C23H44O2S/c1-4-6-7-8-9-17-23(26(3,24)25)18-15-22(16-19-23)21-13-11-20(10-5-2)12-14-21/h20-22H,4-19H2,1-3H3. The summed E-state index contributed by atoms with van der Waals surface area (Å²) in [6.45, 7) is 4.54. The lowest BCUT2D eigenvalue weighted by Crippen LogP contribution is -2.43. The second-order valence-electron chi connectivity index (χ2n) is 9.53. The molecule has 0 aromatic heterocycles. The van der Waals surface area contributed by atoms with E-state index < -0.39 is 14.6 Å². The molecule has 0 heterocycles. The predicted molar refractivity (Wildman–Crippen MR) is 113 cm³/mol. The molecule has 0 aliphatic heterocycles. The van der Waals surface area contributed by atoms with Crippen molar-refractivity contribution in [1.82, 2.24) is 0 Å². The minimum atomic E-state index is -2.95. The lowest BCUT2D eigenvalue weighted by molar-refractivity contribution is 0.146. The summed E-state index contributed by atoms with van der Waals surface area (Å²) in [5, 5.41) is 0. The van der Waals surface area contributed by atoms with Crippen LogP contribution in [0.25, 0.3) is 0 Å². The van der Waals surface area contributed by atoms with Crippen LogP contribution in [0, 0.1) is 17.8 Å². The maximum atomic E-state index is 12.6. The predicted octanol–water partition coefficient (Wildman–Crippen LogP) is 6.93. The summed E-state index contributed by atoms with van der Waals surface area (Å²) >= 11 is 0. The van der Waals surface area contributed by atoms with Gasteiger partial charge in [-0.05, 0) is 62.7 Å². The van der Waals surface area contributed by atoms with Crippen LogP contribution in [0.1, 0.15) is 117 Å². The second kappa shape index (κ2) is 10.5. The first-order valence-corrected chi connectivity index (χ1v) is 13.5. The molecular weight excluding hydrogens is 340 g/mol. The third-order valence-corrected chi connectivity index (χ3v) is 9.90. The van der Waals surface area contributed by atoms with Gasteiger partial charge in [0.25, 0.3) is 0 Å². The van der Waals surface area contributed by atoms with Crippen LogP contribution in [0.15, 0.2) is 0 Å². The molecule has 0 saturated heterocycles. The zero-order chi connectivity index (χ0) is 19.0. The van der Waals surface area contributed by atoms with Crippen LogP contribution in [0.3, 0.4) is 0 Å². The van der Waals surface area contributed by atoms with Crippen LogP contribution in [-0.4, -0.2) is 19.4 Å². The van der Waals surface area contributed by atoms with Gasteiger partial charge in [0.15, 0.2) is 9.84 Å². The number of hydrogen-bond acceptors (Lipinski definition) is 2. The van der Waals surface area contributed by atoms with E-state index >= 15 is 0 Å². The molecule has 0 N–H and O–H groups in total. The number of rotatable bonds is 10. The highest BCUT2D eigenvalue weighted by atomic mass is 32.2. The van der Waals surface area contributed by atoms with Crippen molar-refractivity contribution in [2.75, 3.05) is 6.26 Å². The van der Waals surface area contributed by atoms with Gasteiger partial charge in [-0.1, -0.05) is 71.6 Å². The van der Waals surface area contributed by atoms with Gasteiger partial charge in [-0.25, -0.2) is 8.42 Å². The van der Waals surface area contributed by atoms with Crippen LogP contribution in [-0.2, 0) is 9.84 Å². The first-order valence-electron chi connectivity index (χ1n) is 11.6. The van der Waals surface area contributed by atoms with Gasteiger partial charge in [0.05, 0.1) is 4.75 Å². The molecule has 2 nitrogen and oxygen atoms in total. The third kappa shape index (κ3) is 5.97. The Balaban J connectivity index is 1.84. The molecule has 0 spiro atoms. The fourth-order valence-electron chi connectivity index (χ4n) is 5.85. The Morgan fingerprint density at radius 1 is 0.769 bits per heavy atom. The van der Waals surface area contributed by atoms with Crippen molar-refractivity contribution in [2.24, 2.45) is 17.8 Å². The van der Waals surface area contributed by atoms with Gasteiger partial charge >= 0.3 is 0 Å². The Labute approximate surface area is 163 Å². The molecule has 2 aliphatic rings. The molecular formula is C23H44O2S. The van der Waals surface area contributed by atoms with E-state index in [1.165, 1.54) is 70.5 Å². The monoisotopic (exact) mass is 384 g/mol. The van der Waals surface area contributed by atoms with E-state index in [2.05, 4.69) is 13.8 Å². The minimum Gasteiger partial charge on any atom is -0.229 e. The smallest absolute Gasteiger partial charge is 0.153 e. The Morgan fingerprint density at radius 3 is 1.88 bits per heavy atom. The lowest BCUT2D eigenvalue weighted by atomic mass is 9.68. The van der Waals surface area contributed by atoms with Gasteiger partial charge in [0.2, 0.25) is 0 Å². The minimum absolute atomic E-state index is 0.394. The maximum Gasteiger partial charge on any atom is 0.153 e. The Morgan fingerprint density at radius 2 is 1.35 bits per heavy atom. The van der Waals surface area contributed by atoms with Gasteiger partial charge in [-0.2, -0.15) is 0 Å². The molecule has 0 unspecified atom stereocenters. The number of unbranched alkanes of at least 4 members (excludes halogenated alkanes) is 4. The van der Waals surface area contributed by atoms with E-state index in [9.17, 15) is 8.42 Å². The Bertz CT molecular complexity index is 480. The fourth-order valence-corrected chi connectivity index (χ4v) is 7.34. The topological polar surface area (TPSA) is 34.1 Å². The first kappa shape index (κ1) is 22.2. The summed E-state index contributed by atoms with van der Waals surface area (Å²) in [6.07, 6.45) is 21.1. The highest BCUT2D eigenvalue weighted by Crippen LogP contribution is 2.47. The van der Waals surface area contributed by atoms with Crippen LogP contribution in [0.4, 0.5) is 0 Å². The van der Waals surface area contributed by atoms with Crippen molar-refractivity contribution in [3.05, 3.63) is 0 Å². The SMILES string of the molecule is CCCCCCCC1(S(C)(=O)=O)CCC(C2CCC(CCC)CC2)CC1. The van der Waals surface area contributed by atoms with Crippen molar-refractivity contribution >= 4 is 9.84 Å². The summed E-state index contributed by atoms with van der Waals surface area (Å²) in [7, 11) is -2.95. The zero-order valence-corrected chi connectivity index (χ0v) is 18.6. The van der Waals surface area contributed by atoms with Crippen LogP contribution in [0.5, 0.6) is 0 Å². The van der Waals surface area contributed by atoms with E-state index in [4.69, 9.17) is 0 Å². The van der Waals surface area contributed by atoms with Crippen molar-refractivity contribution in [3.8, 4) is 0 Å².